The second kappa shape index (κ2) is 7.46. The Labute approximate surface area is 137 Å². The van der Waals surface area contributed by atoms with E-state index in [-0.39, 0.29) is 0 Å². The molecule has 1 heterocycles. The molecule has 0 amide bonds. The van der Waals surface area contributed by atoms with Crippen molar-refractivity contribution in [2.45, 2.75) is 33.0 Å². The number of benzene rings is 1. The number of nitrogens with one attached hydrogen (secondary N) is 1. The number of hydrogen-bond acceptors (Lipinski definition) is 3. The maximum Gasteiger partial charge on any atom is 0.124 e. The van der Waals surface area contributed by atoms with Crippen LogP contribution in [-0.4, -0.2) is 6.04 Å². The van der Waals surface area contributed by atoms with Crippen molar-refractivity contribution in [3.05, 3.63) is 49.6 Å². The summed E-state index contributed by atoms with van der Waals surface area (Å²) in [5.74, 6) is 0.882. The number of rotatable bonds is 6. The molecule has 2 nitrogen and oxygen atoms in total. The van der Waals surface area contributed by atoms with Crippen molar-refractivity contribution in [2.75, 3.05) is 0 Å². The molecule has 1 aromatic carbocycles. The van der Waals surface area contributed by atoms with Crippen molar-refractivity contribution in [3.8, 4) is 5.75 Å². The molecule has 108 valence electrons. The number of ether oxygens (including phenoxy) is 1. The lowest BCUT2D eigenvalue weighted by atomic mass is 10.2. The Bertz CT molecular complexity index is 571. The molecule has 1 N–H and O–H groups in total. The first-order chi connectivity index (χ1) is 9.54. The minimum atomic E-state index is 0.426. The second-order valence-electron chi connectivity index (χ2n) is 4.78. The van der Waals surface area contributed by atoms with Gasteiger partial charge in [0.05, 0.1) is 3.79 Å². The van der Waals surface area contributed by atoms with Crippen LogP contribution < -0.4 is 10.1 Å². The van der Waals surface area contributed by atoms with E-state index in [0.29, 0.717) is 12.6 Å². The molecule has 0 saturated carbocycles. The summed E-state index contributed by atoms with van der Waals surface area (Å²) in [6, 6.07) is 10.3. The fourth-order valence-corrected chi connectivity index (χ4v) is 3.31. The largest absolute Gasteiger partial charge is 0.488 e. The summed E-state index contributed by atoms with van der Waals surface area (Å²) >= 11 is 11.2. The van der Waals surface area contributed by atoms with Crippen molar-refractivity contribution >= 4 is 38.9 Å². The van der Waals surface area contributed by atoms with E-state index in [0.717, 1.165) is 26.7 Å². The molecule has 0 aliphatic rings. The first kappa shape index (κ1) is 15.8. The molecule has 1 aromatic heterocycles. The molecule has 0 saturated heterocycles. The van der Waals surface area contributed by atoms with Gasteiger partial charge in [-0.2, -0.15) is 0 Å². The van der Waals surface area contributed by atoms with Crippen molar-refractivity contribution < 1.29 is 4.74 Å². The van der Waals surface area contributed by atoms with Crippen molar-refractivity contribution in [1.82, 2.24) is 5.32 Å². The minimum Gasteiger partial charge on any atom is -0.488 e. The van der Waals surface area contributed by atoms with Crippen LogP contribution in [0.1, 0.15) is 24.3 Å². The summed E-state index contributed by atoms with van der Waals surface area (Å²) in [6.45, 7) is 5.57. The van der Waals surface area contributed by atoms with Crippen LogP contribution in [0.15, 0.2) is 34.1 Å². The zero-order chi connectivity index (χ0) is 14.5. The maximum atomic E-state index is 6.07. The fourth-order valence-electron chi connectivity index (χ4n) is 1.72. The summed E-state index contributed by atoms with van der Waals surface area (Å²) in [4.78, 5) is 1.19. The van der Waals surface area contributed by atoms with Gasteiger partial charge in [0.25, 0.3) is 0 Å². The molecule has 20 heavy (non-hydrogen) atoms. The Balaban J connectivity index is 2.05. The quantitative estimate of drug-likeness (QED) is 0.746. The third-order valence-electron chi connectivity index (χ3n) is 2.72. The van der Waals surface area contributed by atoms with E-state index in [1.54, 1.807) is 11.3 Å². The van der Waals surface area contributed by atoms with E-state index in [1.165, 1.54) is 4.88 Å². The lowest BCUT2D eigenvalue weighted by Crippen LogP contribution is -2.22. The van der Waals surface area contributed by atoms with Gasteiger partial charge in [0.15, 0.2) is 0 Å². The van der Waals surface area contributed by atoms with Crippen LogP contribution in [0.4, 0.5) is 0 Å². The molecule has 0 aliphatic carbocycles. The molecule has 2 aromatic rings. The van der Waals surface area contributed by atoms with Crippen molar-refractivity contribution in [2.24, 2.45) is 0 Å². The van der Waals surface area contributed by atoms with Crippen molar-refractivity contribution in [3.63, 3.8) is 0 Å². The average molecular weight is 375 g/mol. The first-order valence-electron chi connectivity index (χ1n) is 6.43. The number of hydrogen-bond donors (Lipinski definition) is 1. The fraction of sp³-hybridized carbons (Fsp3) is 0.333. The summed E-state index contributed by atoms with van der Waals surface area (Å²) in [7, 11) is 0. The van der Waals surface area contributed by atoms with Crippen LogP contribution in [0.25, 0.3) is 0 Å². The maximum absolute atomic E-state index is 6.07. The predicted octanol–water partition coefficient (Wildman–Crippen LogP) is 5.24. The highest BCUT2D eigenvalue weighted by Crippen LogP contribution is 2.26. The summed E-state index contributed by atoms with van der Waals surface area (Å²) in [6.07, 6.45) is 0. The zero-order valence-corrected chi connectivity index (χ0v) is 14.6. The molecule has 0 radical (unpaired) electrons. The van der Waals surface area contributed by atoms with Crippen LogP contribution in [-0.2, 0) is 13.2 Å². The third kappa shape index (κ3) is 4.77. The molecule has 5 heteroatoms. The summed E-state index contributed by atoms with van der Waals surface area (Å²) in [5.41, 5.74) is 1.09. The SMILES string of the molecule is CC(C)NCc1cc(Cl)ccc1OCc1ccc(Br)s1. The van der Waals surface area contributed by atoms with Gasteiger partial charge in [-0.1, -0.05) is 25.4 Å². The van der Waals surface area contributed by atoms with Gasteiger partial charge in [-0.15, -0.1) is 11.3 Å². The Morgan fingerprint density at radius 1 is 1.30 bits per heavy atom. The third-order valence-corrected chi connectivity index (χ3v) is 4.55. The van der Waals surface area contributed by atoms with Crippen LogP contribution in [0.5, 0.6) is 5.75 Å². The molecule has 0 unspecified atom stereocenters. The normalized spacial score (nSPS) is 11.1. The molecule has 0 aliphatic heterocycles. The van der Waals surface area contributed by atoms with E-state index < -0.39 is 0 Å². The van der Waals surface area contributed by atoms with E-state index in [1.807, 2.05) is 24.3 Å². The van der Waals surface area contributed by atoms with Crippen LogP contribution >= 0.6 is 38.9 Å². The smallest absolute Gasteiger partial charge is 0.124 e. The molecule has 0 spiro atoms. The highest BCUT2D eigenvalue weighted by atomic mass is 79.9. The Morgan fingerprint density at radius 3 is 2.75 bits per heavy atom. The van der Waals surface area contributed by atoms with Gasteiger partial charge >= 0.3 is 0 Å². The number of thiophene rings is 1. The van der Waals surface area contributed by atoms with Gasteiger partial charge in [-0.25, -0.2) is 0 Å². The molecule has 0 atom stereocenters. The highest BCUT2D eigenvalue weighted by Gasteiger charge is 2.07. The first-order valence-corrected chi connectivity index (χ1v) is 8.42. The molecular formula is C15H17BrClNOS. The highest BCUT2D eigenvalue weighted by molar-refractivity contribution is 9.11. The number of halogens is 2. The van der Waals surface area contributed by atoms with Gasteiger partial charge < -0.3 is 10.1 Å². The standard InChI is InChI=1S/C15H17BrClNOS/c1-10(2)18-8-11-7-12(17)3-5-14(11)19-9-13-4-6-15(16)20-13/h3-7,10,18H,8-9H2,1-2H3. The van der Waals surface area contributed by atoms with Crippen LogP contribution in [0.3, 0.4) is 0 Å². The molecule has 0 bridgehead atoms. The Kier molecular flexibility index (Phi) is 5.90. The molecular weight excluding hydrogens is 358 g/mol. The van der Waals surface area contributed by atoms with Gasteiger partial charge in [-0.05, 0) is 46.3 Å². The average Bonchev–Trinajstić information content (AvgIpc) is 2.81. The molecule has 2 rings (SSSR count). The van der Waals surface area contributed by atoms with E-state index in [2.05, 4.69) is 41.2 Å². The second-order valence-corrected chi connectivity index (χ2v) is 7.77. The van der Waals surface area contributed by atoms with E-state index in [9.17, 15) is 0 Å². The Morgan fingerprint density at radius 2 is 2.10 bits per heavy atom. The van der Waals surface area contributed by atoms with Gasteiger partial charge in [-0.3, -0.25) is 0 Å². The van der Waals surface area contributed by atoms with Gasteiger partial charge in [0.1, 0.15) is 12.4 Å². The topological polar surface area (TPSA) is 21.3 Å². The minimum absolute atomic E-state index is 0.426. The Hall–Kier alpha value is -0.550. The van der Waals surface area contributed by atoms with Crippen molar-refractivity contribution in [1.29, 1.82) is 0 Å². The predicted molar refractivity (Wildman–Crippen MR) is 89.8 cm³/mol. The van der Waals surface area contributed by atoms with E-state index >= 15 is 0 Å². The van der Waals surface area contributed by atoms with Crippen LogP contribution in [0, 0.1) is 0 Å². The summed E-state index contributed by atoms with van der Waals surface area (Å²) in [5, 5.41) is 4.12. The zero-order valence-electron chi connectivity index (χ0n) is 11.5. The van der Waals surface area contributed by atoms with Crippen LogP contribution in [0.2, 0.25) is 5.02 Å². The molecule has 0 fully saturated rings. The van der Waals surface area contributed by atoms with Gasteiger partial charge in [0.2, 0.25) is 0 Å². The van der Waals surface area contributed by atoms with Gasteiger partial charge in [0, 0.05) is 28.0 Å². The monoisotopic (exact) mass is 373 g/mol. The summed E-state index contributed by atoms with van der Waals surface area (Å²) < 4.78 is 7.03. The van der Waals surface area contributed by atoms with E-state index in [4.69, 9.17) is 16.3 Å². The lowest BCUT2D eigenvalue weighted by molar-refractivity contribution is 0.305. The lowest BCUT2D eigenvalue weighted by Gasteiger charge is -2.13.